The highest BCUT2D eigenvalue weighted by molar-refractivity contribution is 8.15. The van der Waals surface area contributed by atoms with Gasteiger partial charge in [0.05, 0.1) is 6.61 Å². The molecule has 0 aromatic heterocycles. The quantitative estimate of drug-likeness (QED) is 0.708. The average molecular weight is 376 g/mol. The fourth-order valence-electron chi connectivity index (χ4n) is 1.85. The summed E-state index contributed by atoms with van der Waals surface area (Å²) < 4.78 is 5.28. The van der Waals surface area contributed by atoms with Crippen LogP contribution in [0, 0.1) is 5.41 Å². The molecule has 1 aliphatic rings. The lowest BCUT2D eigenvalue weighted by Gasteiger charge is -2.16. The summed E-state index contributed by atoms with van der Waals surface area (Å²) in [6, 6.07) is 6.20. The molecule has 1 aromatic carbocycles. The molecule has 0 aliphatic carbocycles. The van der Waals surface area contributed by atoms with Crippen molar-refractivity contribution in [1.82, 2.24) is 5.32 Å². The van der Waals surface area contributed by atoms with Gasteiger partial charge >= 0.3 is 5.97 Å². The molecule has 1 aromatic rings. The highest BCUT2D eigenvalue weighted by Crippen LogP contribution is 2.15. The van der Waals surface area contributed by atoms with Crippen LogP contribution < -0.4 is 10.1 Å². The molecule has 0 spiro atoms. The first-order valence-electron chi connectivity index (χ1n) is 7.56. The third-order valence-corrected chi connectivity index (χ3v) is 4.11. The molecule has 26 heavy (non-hydrogen) atoms. The van der Waals surface area contributed by atoms with Crippen LogP contribution in [0.4, 0.5) is 0 Å². The molecule has 0 saturated carbocycles. The van der Waals surface area contributed by atoms with Gasteiger partial charge in [-0.15, -0.1) is 0 Å². The second kappa shape index (κ2) is 8.39. The van der Waals surface area contributed by atoms with Crippen LogP contribution in [0.3, 0.4) is 0 Å². The lowest BCUT2D eigenvalue weighted by molar-refractivity contribution is -0.136. The number of aliphatic imine (C=N–C) groups is 2. The van der Waals surface area contributed by atoms with Gasteiger partial charge in [-0.05, 0) is 38.1 Å². The van der Waals surface area contributed by atoms with E-state index in [1.165, 1.54) is 19.1 Å². The summed E-state index contributed by atoms with van der Waals surface area (Å²) in [6.07, 6.45) is 0. The van der Waals surface area contributed by atoms with Crippen molar-refractivity contribution in [2.45, 2.75) is 19.1 Å². The Balaban J connectivity index is 2.16. The van der Waals surface area contributed by atoms with Crippen LogP contribution in [-0.4, -0.2) is 51.5 Å². The molecule has 2 amide bonds. The number of carbonyl (C=O) groups excluding carboxylic acids is 2. The van der Waals surface area contributed by atoms with E-state index in [1.54, 1.807) is 12.1 Å². The van der Waals surface area contributed by atoms with Crippen molar-refractivity contribution in [3.63, 3.8) is 0 Å². The Bertz CT molecular complexity index is 816. The number of carboxylic acids is 1. The summed E-state index contributed by atoms with van der Waals surface area (Å²) in [4.78, 5) is 42.6. The van der Waals surface area contributed by atoms with Crippen LogP contribution in [-0.2, 0) is 9.59 Å². The van der Waals surface area contributed by atoms with E-state index in [0.717, 1.165) is 11.8 Å². The minimum absolute atomic E-state index is 0.0256. The van der Waals surface area contributed by atoms with Crippen LogP contribution in [0.25, 0.3) is 0 Å². The predicted molar refractivity (Wildman–Crippen MR) is 97.4 cm³/mol. The number of benzene rings is 1. The van der Waals surface area contributed by atoms with E-state index in [1.807, 2.05) is 6.92 Å². The normalized spacial score (nSPS) is 16.7. The molecular weight excluding hydrogens is 360 g/mol. The predicted octanol–water partition coefficient (Wildman–Crippen LogP) is 1.34. The largest absolute Gasteiger partial charge is 0.494 e. The second-order valence-electron chi connectivity index (χ2n) is 5.04. The van der Waals surface area contributed by atoms with Crippen molar-refractivity contribution in [3.05, 3.63) is 29.8 Å². The van der Waals surface area contributed by atoms with Crippen molar-refractivity contribution in [1.29, 1.82) is 5.41 Å². The van der Waals surface area contributed by atoms with E-state index in [9.17, 15) is 14.4 Å². The summed E-state index contributed by atoms with van der Waals surface area (Å²) in [5.41, 5.74) is -0.207. The highest BCUT2D eigenvalue weighted by Gasteiger charge is 2.28. The Hall–Kier alpha value is -3.01. The lowest BCUT2D eigenvalue weighted by Crippen LogP contribution is -2.44. The number of aliphatic carboxylic acids is 1. The maximum Gasteiger partial charge on any atom is 0.316 e. The van der Waals surface area contributed by atoms with E-state index < -0.39 is 34.6 Å². The van der Waals surface area contributed by atoms with Crippen molar-refractivity contribution in [3.8, 4) is 5.75 Å². The van der Waals surface area contributed by atoms with E-state index in [0.29, 0.717) is 12.4 Å². The first-order valence-corrected chi connectivity index (χ1v) is 8.44. The van der Waals surface area contributed by atoms with Crippen molar-refractivity contribution < 1.29 is 24.2 Å². The number of ether oxygens (including phenoxy) is 1. The van der Waals surface area contributed by atoms with Gasteiger partial charge in [-0.2, -0.15) is 4.99 Å². The molecule has 9 nitrogen and oxygen atoms in total. The number of carboxylic acid groups (broad SMARTS) is 1. The molecule has 0 fully saturated rings. The molecule has 1 atom stereocenters. The van der Waals surface area contributed by atoms with Crippen molar-refractivity contribution >= 4 is 46.3 Å². The summed E-state index contributed by atoms with van der Waals surface area (Å²) in [7, 11) is 0. The van der Waals surface area contributed by atoms with Gasteiger partial charge in [0.15, 0.2) is 16.7 Å². The van der Waals surface area contributed by atoms with Crippen LogP contribution in [0.15, 0.2) is 34.3 Å². The molecular formula is C16H16N4O5S. The first kappa shape index (κ1) is 19.3. The SMILES string of the molecule is CCOc1ccc(C(=O)N=C2C(=N)N=C(SC(C)C(=O)O)NC2=O)cc1. The maximum absolute atomic E-state index is 12.2. The highest BCUT2D eigenvalue weighted by atomic mass is 32.2. The van der Waals surface area contributed by atoms with E-state index in [-0.39, 0.29) is 10.7 Å². The van der Waals surface area contributed by atoms with Crippen LogP contribution >= 0.6 is 11.8 Å². The molecule has 0 bridgehead atoms. The zero-order chi connectivity index (χ0) is 19.3. The Labute approximate surface area is 153 Å². The van der Waals surface area contributed by atoms with Gasteiger partial charge < -0.3 is 9.84 Å². The Morgan fingerprint density at radius 2 is 2.04 bits per heavy atom. The van der Waals surface area contributed by atoms with Crippen LogP contribution in [0.2, 0.25) is 0 Å². The van der Waals surface area contributed by atoms with Gasteiger partial charge in [-0.25, -0.2) is 4.99 Å². The molecule has 10 heteroatoms. The third-order valence-electron chi connectivity index (χ3n) is 3.13. The number of nitrogens with zero attached hydrogens (tertiary/aromatic N) is 2. The first-order chi connectivity index (χ1) is 12.3. The minimum atomic E-state index is -1.08. The Morgan fingerprint density at radius 3 is 2.58 bits per heavy atom. The molecule has 3 N–H and O–H groups in total. The number of carbonyl (C=O) groups is 3. The van der Waals surface area contributed by atoms with E-state index in [2.05, 4.69) is 15.3 Å². The Kier molecular flexibility index (Phi) is 6.23. The van der Waals surface area contributed by atoms with Crippen molar-refractivity contribution in [2.75, 3.05) is 6.61 Å². The number of rotatable bonds is 5. The van der Waals surface area contributed by atoms with Crippen LogP contribution in [0.5, 0.6) is 5.75 Å². The molecule has 0 saturated heterocycles. The second-order valence-corrected chi connectivity index (χ2v) is 6.37. The summed E-state index contributed by atoms with van der Waals surface area (Å²) in [6.45, 7) is 3.75. The van der Waals surface area contributed by atoms with Gasteiger partial charge in [0.1, 0.15) is 11.0 Å². The molecule has 1 aliphatic heterocycles. The standard InChI is InChI=1S/C16H16N4O5S/c1-3-25-10-6-4-9(5-7-10)13(21)18-11-12(17)19-16(20-14(11)22)26-8(2)15(23)24/h4-8H,3H2,1-2H3,(H,23,24)(H2,17,19,20,22). The van der Waals surface area contributed by atoms with Gasteiger partial charge in [-0.3, -0.25) is 25.1 Å². The van der Waals surface area contributed by atoms with Gasteiger partial charge in [0.2, 0.25) is 0 Å². The Morgan fingerprint density at radius 1 is 1.38 bits per heavy atom. The monoisotopic (exact) mass is 376 g/mol. The number of hydrogen-bond acceptors (Lipinski definition) is 6. The van der Waals surface area contributed by atoms with Crippen LogP contribution in [0.1, 0.15) is 24.2 Å². The van der Waals surface area contributed by atoms with Gasteiger partial charge in [0.25, 0.3) is 11.8 Å². The van der Waals surface area contributed by atoms with E-state index in [4.69, 9.17) is 15.3 Å². The molecule has 136 valence electrons. The average Bonchev–Trinajstić information content (AvgIpc) is 2.58. The number of nitrogens with one attached hydrogen (secondary N) is 2. The number of thioether (sulfide) groups is 1. The summed E-state index contributed by atoms with van der Waals surface area (Å²) in [5.74, 6) is -2.48. The zero-order valence-electron chi connectivity index (χ0n) is 14.0. The topological polar surface area (TPSA) is 141 Å². The number of hydrogen-bond donors (Lipinski definition) is 3. The lowest BCUT2D eigenvalue weighted by atomic mass is 10.2. The third kappa shape index (κ3) is 4.76. The molecule has 1 heterocycles. The maximum atomic E-state index is 12.2. The summed E-state index contributed by atoms with van der Waals surface area (Å²) >= 11 is 0.783. The fraction of sp³-hybridized carbons (Fsp3) is 0.250. The summed E-state index contributed by atoms with van der Waals surface area (Å²) in [5, 5.41) is 18.1. The molecule has 0 radical (unpaired) electrons. The smallest absolute Gasteiger partial charge is 0.316 e. The van der Waals surface area contributed by atoms with Gasteiger partial charge in [-0.1, -0.05) is 11.8 Å². The zero-order valence-corrected chi connectivity index (χ0v) is 14.8. The molecule has 1 unspecified atom stereocenters. The molecule has 2 rings (SSSR count). The number of amides is 2. The van der Waals surface area contributed by atoms with Gasteiger partial charge in [0, 0.05) is 5.56 Å². The fourth-order valence-corrected chi connectivity index (χ4v) is 2.58. The van der Waals surface area contributed by atoms with E-state index >= 15 is 0 Å². The number of amidine groups is 2. The van der Waals surface area contributed by atoms with Crippen molar-refractivity contribution in [2.24, 2.45) is 9.98 Å². The minimum Gasteiger partial charge on any atom is -0.494 e.